The zero-order valence-corrected chi connectivity index (χ0v) is 16.3. The summed E-state index contributed by atoms with van der Waals surface area (Å²) >= 11 is 0. The van der Waals surface area contributed by atoms with Crippen molar-refractivity contribution in [1.82, 2.24) is 5.06 Å². The van der Waals surface area contributed by atoms with Crippen LogP contribution in [0.2, 0.25) is 0 Å². The summed E-state index contributed by atoms with van der Waals surface area (Å²) in [6, 6.07) is 4.22. The van der Waals surface area contributed by atoms with E-state index in [-0.39, 0.29) is 23.0 Å². The lowest BCUT2D eigenvalue weighted by Crippen LogP contribution is -2.39. The van der Waals surface area contributed by atoms with E-state index in [1.165, 1.54) is 19.3 Å². The predicted molar refractivity (Wildman–Crippen MR) is 103 cm³/mol. The van der Waals surface area contributed by atoms with E-state index in [1.54, 1.807) is 13.2 Å². The molecule has 5 heteroatoms. The molecule has 2 atom stereocenters. The number of aryl methyl sites for hydroxylation is 1. The normalized spacial score (nSPS) is 28.0. The molecule has 0 unspecified atom stereocenters. The molecule has 27 heavy (non-hydrogen) atoms. The maximum Gasteiger partial charge on any atom is 0.195 e. The van der Waals surface area contributed by atoms with E-state index >= 15 is 0 Å². The van der Waals surface area contributed by atoms with Crippen LogP contribution in [0.1, 0.15) is 63.1 Å². The molecule has 2 aliphatic heterocycles. The van der Waals surface area contributed by atoms with Crippen molar-refractivity contribution in [2.45, 2.75) is 70.6 Å². The van der Waals surface area contributed by atoms with Gasteiger partial charge in [-0.2, -0.15) is 5.06 Å². The Morgan fingerprint density at radius 1 is 1.15 bits per heavy atom. The van der Waals surface area contributed by atoms with E-state index in [4.69, 9.17) is 14.0 Å². The van der Waals surface area contributed by atoms with Gasteiger partial charge in [-0.15, -0.1) is 0 Å². The van der Waals surface area contributed by atoms with Gasteiger partial charge in [-0.3, -0.25) is 9.63 Å². The van der Waals surface area contributed by atoms with E-state index in [0.717, 1.165) is 24.2 Å². The van der Waals surface area contributed by atoms with Gasteiger partial charge in [0, 0.05) is 17.5 Å². The quantitative estimate of drug-likeness (QED) is 0.740. The van der Waals surface area contributed by atoms with Gasteiger partial charge in [-0.1, -0.05) is 19.3 Å². The molecule has 1 aliphatic carbocycles. The van der Waals surface area contributed by atoms with Crippen LogP contribution < -0.4 is 10.2 Å². The maximum atomic E-state index is 12.7. The molecule has 0 amide bonds. The SMILES string of the molecule is Cc1coc2c3c(ccc2c1=O)OC[C@H]1[C@@H]3N(C2CCCCC2)OC1(C)C. The third-order valence-electron chi connectivity index (χ3n) is 6.65. The minimum Gasteiger partial charge on any atom is -0.493 e. The Labute approximate surface area is 159 Å². The highest BCUT2D eigenvalue weighted by Gasteiger charge is 2.55. The summed E-state index contributed by atoms with van der Waals surface area (Å²) in [5.41, 5.74) is 1.98. The molecule has 1 saturated carbocycles. The number of hydroxylamine groups is 2. The van der Waals surface area contributed by atoms with Crippen LogP contribution in [0.3, 0.4) is 0 Å². The zero-order chi connectivity index (χ0) is 18.8. The number of fused-ring (bicyclic) bond motifs is 5. The Bertz CT molecular complexity index is 941. The van der Waals surface area contributed by atoms with Gasteiger partial charge < -0.3 is 9.15 Å². The smallest absolute Gasteiger partial charge is 0.195 e. The van der Waals surface area contributed by atoms with Gasteiger partial charge in [-0.05, 0) is 45.7 Å². The topological polar surface area (TPSA) is 51.9 Å². The third-order valence-corrected chi connectivity index (χ3v) is 6.65. The standard InChI is InChI=1S/C22H27NO4/c1-13-11-26-21-15(20(13)24)9-10-17-18(21)19-16(12-25-17)22(2,3)27-23(19)14-7-5-4-6-8-14/h9-11,14,16,19H,4-8,12H2,1-3H3/t16-,19-/m0/s1. The highest BCUT2D eigenvalue weighted by molar-refractivity contribution is 5.83. The van der Waals surface area contributed by atoms with Gasteiger partial charge >= 0.3 is 0 Å². The average molecular weight is 369 g/mol. The molecule has 0 radical (unpaired) electrons. The lowest BCUT2D eigenvalue weighted by molar-refractivity contribution is -0.223. The number of rotatable bonds is 1. The lowest BCUT2D eigenvalue weighted by atomic mass is 9.80. The van der Waals surface area contributed by atoms with E-state index in [0.29, 0.717) is 29.2 Å². The molecule has 1 aromatic carbocycles. The molecule has 0 N–H and O–H groups in total. The monoisotopic (exact) mass is 369 g/mol. The maximum absolute atomic E-state index is 12.7. The van der Waals surface area contributed by atoms with Crippen LogP contribution in [-0.2, 0) is 4.84 Å². The van der Waals surface area contributed by atoms with Crippen molar-refractivity contribution in [3.8, 4) is 5.75 Å². The van der Waals surface area contributed by atoms with Gasteiger partial charge in [0.15, 0.2) is 5.43 Å². The van der Waals surface area contributed by atoms with Crippen molar-refractivity contribution in [1.29, 1.82) is 0 Å². The fourth-order valence-electron chi connectivity index (χ4n) is 5.10. The van der Waals surface area contributed by atoms with Crippen LogP contribution in [0, 0.1) is 12.8 Å². The highest BCUT2D eigenvalue weighted by atomic mass is 16.7. The molecule has 2 fully saturated rings. The van der Waals surface area contributed by atoms with Gasteiger partial charge in [0.2, 0.25) is 0 Å². The van der Waals surface area contributed by atoms with Crippen LogP contribution >= 0.6 is 0 Å². The van der Waals surface area contributed by atoms with Crippen molar-refractivity contribution < 1.29 is 14.0 Å². The molecular formula is C22H27NO4. The number of nitrogens with zero attached hydrogens (tertiary/aromatic N) is 1. The van der Waals surface area contributed by atoms with Crippen LogP contribution in [0.4, 0.5) is 0 Å². The van der Waals surface area contributed by atoms with Crippen molar-refractivity contribution in [3.63, 3.8) is 0 Å². The van der Waals surface area contributed by atoms with Crippen LogP contribution in [0.15, 0.2) is 27.6 Å². The second kappa shape index (κ2) is 6.08. The minimum atomic E-state index is -0.313. The lowest BCUT2D eigenvalue weighted by Gasteiger charge is -2.37. The Balaban J connectivity index is 1.70. The zero-order valence-electron chi connectivity index (χ0n) is 16.3. The first kappa shape index (κ1) is 17.3. The number of hydrogen-bond acceptors (Lipinski definition) is 5. The fraction of sp³-hybridized carbons (Fsp3) is 0.591. The molecule has 5 nitrogen and oxygen atoms in total. The summed E-state index contributed by atoms with van der Waals surface area (Å²) < 4.78 is 12.1. The Morgan fingerprint density at radius 2 is 1.93 bits per heavy atom. The first-order valence-corrected chi connectivity index (χ1v) is 10.1. The number of hydrogen-bond donors (Lipinski definition) is 0. The van der Waals surface area contributed by atoms with Gasteiger partial charge in [-0.25, -0.2) is 0 Å². The summed E-state index contributed by atoms with van der Waals surface area (Å²) in [6.07, 6.45) is 7.68. The summed E-state index contributed by atoms with van der Waals surface area (Å²) in [6.45, 7) is 6.70. The van der Waals surface area contributed by atoms with E-state index < -0.39 is 0 Å². The molecule has 5 rings (SSSR count). The van der Waals surface area contributed by atoms with Gasteiger partial charge in [0.25, 0.3) is 0 Å². The van der Waals surface area contributed by atoms with E-state index in [1.807, 2.05) is 12.1 Å². The molecule has 0 spiro atoms. The minimum absolute atomic E-state index is 0.0311. The van der Waals surface area contributed by atoms with E-state index in [9.17, 15) is 4.79 Å². The first-order chi connectivity index (χ1) is 13.0. The predicted octanol–water partition coefficient (Wildman–Crippen LogP) is 4.51. The summed E-state index contributed by atoms with van der Waals surface area (Å²) in [7, 11) is 0. The second-order valence-electron chi connectivity index (χ2n) is 8.81. The van der Waals surface area contributed by atoms with Crippen molar-refractivity contribution in [2.75, 3.05) is 6.61 Å². The largest absolute Gasteiger partial charge is 0.493 e. The first-order valence-electron chi connectivity index (χ1n) is 10.1. The van der Waals surface area contributed by atoms with E-state index in [2.05, 4.69) is 18.9 Å². The summed E-state index contributed by atoms with van der Waals surface area (Å²) in [5.74, 6) is 1.02. The van der Waals surface area contributed by atoms with Crippen LogP contribution in [0.5, 0.6) is 5.75 Å². The Kier molecular flexibility index (Phi) is 3.89. The number of benzene rings is 1. The van der Waals surface area contributed by atoms with Crippen molar-refractivity contribution in [3.05, 3.63) is 39.7 Å². The summed E-state index contributed by atoms with van der Waals surface area (Å²) in [5, 5.41) is 2.86. The molecular weight excluding hydrogens is 342 g/mol. The fourth-order valence-corrected chi connectivity index (χ4v) is 5.10. The molecule has 3 aliphatic rings. The molecule has 2 aromatic rings. The molecule has 1 aromatic heterocycles. The Morgan fingerprint density at radius 3 is 2.70 bits per heavy atom. The number of ether oxygens (including phenoxy) is 1. The van der Waals surface area contributed by atoms with Crippen molar-refractivity contribution in [2.24, 2.45) is 5.92 Å². The van der Waals surface area contributed by atoms with Crippen LogP contribution in [0.25, 0.3) is 11.0 Å². The Hall–Kier alpha value is -1.85. The third kappa shape index (κ3) is 2.55. The average Bonchev–Trinajstić information content (AvgIpc) is 2.96. The van der Waals surface area contributed by atoms with Gasteiger partial charge in [0.1, 0.15) is 11.3 Å². The van der Waals surface area contributed by atoms with Crippen molar-refractivity contribution >= 4 is 11.0 Å². The molecule has 3 heterocycles. The highest BCUT2D eigenvalue weighted by Crippen LogP contribution is 2.54. The van der Waals surface area contributed by atoms with Crippen LogP contribution in [-0.4, -0.2) is 23.3 Å². The van der Waals surface area contributed by atoms with Gasteiger partial charge in [0.05, 0.1) is 35.5 Å². The summed E-state index contributed by atoms with van der Waals surface area (Å²) in [4.78, 5) is 19.2. The second-order valence-corrected chi connectivity index (χ2v) is 8.81. The molecule has 1 saturated heterocycles. The molecule has 144 valence electrons. The molecule has 0 bridgehead atoms.